The van der Waals surface area contributed by atoms with Gasteiger partial charge in [0.05, 0.1) is 16.9 Å². The van der Waals surface area contributed by atoms with E-state index in [9.17, 15) is 26.4 Å². The van der Waals surface area contributed by atoms with Crippen LogP contribution in [0.4, 0.5) is 24.5 Å². The molecule has 0 amide bonds. The Kier molecular flexibility index (Phi) is 4.69. The van der Waals surface area contributed by atoms with Gasteiger partial charge in [-0.2, -0.15) is 21.6 Å². The van der Waals surface area contributed by atoms with Crippen LogP contribution in [0.3, 0.4) is 0 Å². The lowest BCUT2D eigenvalue weighted by Crippen LogP contribution is -2.39. The monoisotopic (exact) mass is 328 g/mol. The van der Waals surface area contributed by atoms with Gasteiger partial charge in [0.25, 0.3) is 10.1 Å². The van der Waals surface area contributed by atoms with Crippen LogP contribution >= 0.6 is 0 Å². The van der Waals surface area contributed by atoms with Gasteiger partial charge in [-0.05, 0) is 18.2 Å². The summed E-state index contributed by atoms with van der Waals surface area (Å²) in [6, 6.07) is 3.23. The van der Waals surface area contributed by atoms with Crippen molar-refractivity contribution in [3.05, 3.63) is 23.8 Å². The number of benzene rings is 1. The Labute approximate surface area is 117 Å². The maximum atomic E-state index is 12.6. The molecule has 118 valence electrons. The molecule has 0 aromatic heterocycles. The number of rotatable bonds is 4. The molecule has 1 unspecified atom stereocenters. The summed E-state index contributed by atoms with van der Waals surface area (Å²) >= 11 is 0. The molecule has 0 saturated carbocycles. The standard InChI is InChI=1S/C10H11F3N2O5S/c11-10(12,13)8(4-21(17,18)19)20-9(16)5-1-2-6(14)7(15)3-5/h1-3,8H,4,14-15H2,(H,17,18,19). The summed E-state index contributed by atoms with van der Waals surface area (Å²) in [4.78, 5) is 11.6. The van der Waals surface area contributed by atoms with Gasteiger partial charge in [0.1, 0.15) is 5.75 Å². The molecule has 11 heteroatoms. The third kappa shape index (κ3) is 5.11. The number of nitrogen functional groups attached to an aromatic ring is 2. The van der Waals surface area contributed by atoms with E-state index in [1.54, 1.807) is 0 Å². The first-order valence-corrected chi connectivity index (χ1v) is 6.89. The van der Waals surface area contributed by atoms with Crippen LogP contribution in [0, 0.1) is 0 Å². The Balaban J connectivity index is 2.98. The van der Waals surface area contributed by atoms with Crippen molar-refractivity contribution in [3.8, 4) is 0 Å². The third-order valence-corrected chi connectivity index (χ3v) is 3.02. The molecule has 0 saturated heterocycles. The molecule has 1 aromatic carbocycles. The van der Waals surface area contributed by atoms with Gasteiger partial charge >= 0.3 is 12.1 Å². The summed E-state index contributed by atoms with van der Waals surface area (Å²) in [6.45, 7) is 0. The van der Waals surface area contributed by atoms with E-state index in [1.165, 1.54) is 6.07 Å². The summed E-state index contributed by atoms with van der Waals surface area (Å²) in [7, 11) is -4.99. The maximum absolute atomic E-state index is 12.6. The van der Waals surface area contributed by atoms with Gasteiger partial charge < -0.3 is 16.2 Å². The number of hydrogen-bond donors (Lipinski definition) is 3. The second kappa shape index (κ2) is 5.77. The molecule has 7 nitrogen and oxygen atoms in total. The van der Waals surface area contributed by atoms with Gasteiger partial charge in [0.15, 0.2) is 0 Å². The van der Waals surface area contributed by atoms with Crippen molar-refractivity contribution in [3.63, 3.8) is 0 Å². The van der Waals surface area contributed by atoms with Crippen molar-refractivity contribution in [2.24, 2.45) is 0 Å². The van der Waals surface area contributed by atoms with Crippen LogP contribution < -0.4 is 11.5 Å². The first-order chi connectivity index (χ1) is 9.40. The summed E-state index contributed by atoms with van der Waals surface area (Å²) in [5.74, 6) is -3.25. The smallest absolute Gasteiger partial charge is 0.426 e. The van der Waals surface area contributed by atoms with Crippen molar-refractivity contribution >= 4 is 27.5 Å². The van der Waals surface area contributed by atoms with Crippen molar-refractivity contribution < 1.29 is 35.7 Å². The molecule has 0 fully saturated rings. The normalized spacial score (nSPS) is 13.7. The highest BCUT2D eigenvalue weighted by Crippen LogP contribution is 2.26. The van der Waals surface area contributed by atoms with E-state index >= 15 is 0 Å². The number of alkyl halides is 3. The molecule has 0 aliphatic heterocycles. The molecular formula is C10H11F3N2O5S. The van der Waals surface area contributed by atoms with E-state index < -0.39 is 34.1 Å². The minimum Gasteiger partial charge on any atom is -0.448 e. The lowest BCUT2D eigenvalue weighted by Gasteiger charge is -2.19. The van der Waals surface area contributed by atoms with E-state index in [0.29, 0.717) is 0 Å². The van der Waals surface area contributed by atoms with Crippen molar-refractivity contribution in [1.29, 1.82) is 0 Å². The van der Waals surface area contributed by atoms with E-state index in [-0.39, 0.29) is 16.9 Å². The second-order valence-electron chi connectivity index (χ2n) is 4.03. The zero-order valence-electron chi connectivity index (χ0n) is 10.3. The molecule has 0 heterocycles. The highest BCUT2D eigenvalue weighted by atomic mass is 32.2. The quantitative estimate of drug-likeness (QED) is 0.423. The van der Waals surface area contributed by atoms with Gasteiger partial charge in [-0.3, -0.25) is 4.55 Å². The van der Waals surface area contributed by atoms with Gasteiger partial charge in [-0.25, -0.2) is 4.79 Å². The number of anilines is 2. The maximum Gasteiger partial charge on any atom is 0.426 e. The fourth-order valence-corrected chi connectivity index (χ4v) is 1.93. The zero-order valence-corrected chi connectivity index (χ0v) is 11.1. The van der Waals surface area contributed by atoms with Gasteiger partial charge in [0, 0.05) is 0 Å². The fourth-order valence-electron chi connectivity index (χ4n) is 1.29. The molecule has 0 spiro atoms. The number of carbonyl (C=O) groups is 1. The molecule has 0 bridgehead atoms. The minimum atomic E-state index is -5.16. The SMILES string of the molecule is Nc1ccc(C(=O)OC(CS(=O)(=O)O)C(F)(F)F)cc1N. The molecule has 21 heavy (non-hydrogen) atoms. The Hall–Kier alpha value is -2.01. The first-order valence-electron chi connectivity index (χ1n) is 5.28. The molecule has 5 N–H and O–H groups in total. The van der Waals surface area contributed by atoms with Gasteiger partial charge in [-0.1, -0.05) is 0 Å². The average molecular weight is 328 g/mol. The fraction of sp³-hybridized carbons (Fsp3) is 0.300. The van der Waals surface area contributed by atoms with Gasteiger partial charge in [-0.15, -0.1) is 0 Å². The molecule has 1 atom stereocenters. The highest BCUT2D eigenvalue weighted by molar-refractivity contribution is 7.85. The van der Waals surface area contributed by atoms with E-state index in [1.807, 2.05) is 0 Å². The summed E-state index contributed by atoms with van der Waals surface area (Å²) in [5, 5.41) is 0. The Bertz CT molecular complexity index is 645. The Morgan fingerprint density at radius 2 is 1.86 bits per heavy atom. The number of esters is 1. The van der Waals surface area contributed by atoms with Crippen LogP contribution in [0.1, 0.15) is 10.4 Å². The number of nitrogens with two attached hydrogens (primary N) is 2. The van der Waals surface area contributed by atoms with Crippen LogP contribution in [0.2, 0.25) is 0 Å². The minimum absolute atomic E-state index is 0.0530. The lowest BCUT2D eigenvalue weighted by atomic mass is 10.2. The molecular weight excluding hydrogens is 317 g/mol. The lowest BCUT2D eigenvalue weighted by molar-refractivity contribution is -0.197. The largest absolute Gasteiger partial charge is 0.448 e. The second-order valence-corrected chi connectivity index (χ2v) is 5.53. The predicted octanol–water partition coefficient (Wildman–Crippen LogP) is 0.827. The highest BCUT2D eigenvalue weighted by Gasteiger charge is 2.45. The third-order valence-electron chi connectivity index (χ3n) is 2.30. The molecule has 0 aliphatic carbocycles. The molecule has 0 aliphatic rings. The topological polar surface area (TPSA) is 133 Å². The summed E-state index contributed by atoms with van der Waals surface area (Å²) in [6.07, 6.45) is -8.16. The van der Waals surface area contributed by atoms with Crippen molar-refractivity contribution in [2.45, 2.75) is 12.3 Å². The first kappa shape index (κ1) is 17.0. The van der Waals surface area contributed by atoms with Crippen LogP contribution in [0.15, 0.2) is 18.2 Å². The molecule has 0 radical (unpaired) electrons. The Morgan fingerprint density at radius 1 is 1.29 bits per heavy atom. The number of ether oxygens (including phenoxy) is 1. The van der Waals surface area contributed by atoms with E-state index in [2.05, 4.69) is 4.74 Å². The number of halogens is 3. The zero-order chi connectivity index (χ0) is 16.4. The summed E-state index contributed by atoms with van der Waals surface area (Å²) in [5.41, 5.74) is 10.5. The van der Waals surface area contributed by atoms with Gasteiger partial charge in [0.2, 0.25) is 6.10 Å². The van der Waals surface area contributed by atoms with Crippen molar-refractivity contribution in [1.82, 2.24) is 0 Å². The van der Waals surface area contributed by atoms with Crippen LogP contribution in [0.5, 0.6) is 0 Å². The molecule has 1 rings (SSSR count). The van der Waals surface area contributed by atoms with E-state index in [4.69, 9.17) is 16.0 Å². The number of carbonyl (C=O) groups excluding carboxylic acids is 1. The van der Waals surface area contributed by atoms with Crippen LogP contribution in [-0.2, 0) is 14.9 Å². The molecule has 1 aromatic rings. The van der Waals surface area contributed by atoms with Crippen molar-refractivity contribution in [2.75, 3.05) is 17.2 Å². The van der Waals surface area contributed by atoms with E-state index in [0.717, 1.165) is 12.1 Å². The Morgan fingerprint density at radius 3 is 2.29 bits per heavy atom. The summed E-state index contributed by atoms with van der Waals surface area (Å²) < 4.78 is 71.3. The van der Waals surface area contributed by atoms with Crippen LogP contribution in [-0.4, -0.2) is 37.0 Å². The van der Waals surface area contributed by atoms with Crippen LogP contribution in [0.25, 0.3) is 0 Å². The number of hydrogen-bond acceptors (Lipinski definition) is 6. The predicted molar refractivity (Wildman–Crippen MR) is 66.9 cm³/mol. The average Bonchev–Trinajstić information content (AvgIpc) is 2.28.